The number of aryl methyl sites for hydroxylation is 1. The zero-order chi connectivity index (χ0) is 15.2. The Bertz CT molecular complexity index is 489. The molecule has 2 heteroatoms. The van der Waals surface area contributed by atoms with Gasteiger partial charge >= 0.3 is 0 Å². The SMILES string of the molecule is CCC(=O)c1cc(CNCC2CCC2)cc(CC)c1CC. The lowest BCUT2D eigenvalue weighted by molar-refractivity contribution is 0.0987. The first-order valence-electron chi connectivity index (χ1n) is 8.58. The van der Waals surface area contributed by atoms with Crippen LogP contribution in [0.3, 0.4) is 0 Å². The molecule has 1 saturated carbocycles. The molecule has 1 aromatic rings. The van der Waals surface area contributed by atoms with E-state index in [1.54, 1.807) is 0 Å². The highest BCUT2D eigenvalue weighted by atomic mass is 16.1. The number of ketones is 1. The molecule has 0 unspecified atom stereocenters. The van der Waals surface area contributed by atoms with E-state index in [2.05, 4.69) is 31.3 Å². The summed E-state index contributed by atoms with van der Waals surface area (Å²) in [6.07, 6.45) is 6.69. The molecule has 1 fully saturated rings. The Morgan fingerprint density at radius 1 is 1.19 bits per heavy atom. The molecule has 1 aliphatic rings. The van der Waals surface area contributed by atoms with E-state index in [0.717, 1.165) is 37.4 Å². The maximum atomic E-state index is 12.2. The van der Waals surface area contributed by atoms with Crippen LogP contribution in [0.15, 0.2) is 12.1 Å². The van der Waals surface area contributed by atoms with Crippen LogP contribution < -0.4 is 5.32 Å². The number of nitrogens with one attached hydrogen (secondary N) is 1. The molecule has 1 N–H and O–H groups in total. The molecule has 1 aliphatic carbocycles. The fourth-order valence-electron chi connectivity index (χ4n) is 3.19. The number of carbonyl (C=O) groups excluding carboxylic acids is 1. The molecule has 0 atom stereocenters. The number of hydrogen-bond acceptors (Lipinski definition) is 2. The van der Waals surface area contributed by atoms with Crippen LogP contribution in [0.25, 0.3) is 0 Å². The molecule has 2 nitrogen and oxygen atoms in total. The van der Waals surface area contributed by atoms with Gasteiger partial charge in [0.15, 0.2) is 5.78 Å². The van der Waals surface area contributed by atoms with Crippen molar-refractivity contribution in [2.24, 2.45) is 5.92 Å². The van der Waals surface area contributed by atoms with E-state index < -0.39 is 0 Å². The van der Waals surface area contributed by atoms with Gasteiger partial charge in [0.2, 0.25) is 0 Å². The zero-order valence-corrected chi connectivity index (χ0v) is 13.8. The van der Waals surface area contributed by atoms with Crippen molar-refractivity contribution >= 4 is 5.78 Å². The van der Waals surface area contributed by atoms with E-state index in [4.69, 9.17) is 0 Å². The minimum atomic E-state index is 0.280. The first-order chi connectivity index (χ1) is 10.2. The van der Waals surface area contributed by atoms with Gasteiger partial charge in [-0.1, -0.05) is 33.3 Å². The lowest BCUT2D eigenvalue weighted by Gasteiger charge is -2.25. The van der Waals surface area contributed by atoms with Gasteiger partial charge in [-0.25, -0.2) is 0 Å². The van der Waals surface area contributed by atoms with Gasteiger partial charge in [-0.2, -0.15) is 0 Å². The van der Waals surface area contributed by atoms with Gasteiger partial charge in [-0.15, -0.1) is 0 Å². The minimum absolute atomic E-state index is 0.280. The first kappa shape index (κ1) is 16.2. The third-order valence-electron chi connectivity index (χ3n) is 4.74. The second kappa shape index (κ2) is 7.74. The molecule has 0 aromatic heterocycles. The topological polar surface area (TPSA) is 29.1 Å². The molecule has 0 spiro atoms. The molecule has 0 bridgehead atoms. The van der Waals surface area contributed by atoms with Crippen LogP contribution in [-0.2, 0) is 19.4 Å². The van der Waals surface area contributed by atoms with Crippen LogP contribution in [0, 0.1) is 5.92 Å². The highest BCUT2D eigenvalue weighted by Gasteiger charge is 2.17. The molecule has 116 valence electrons. The Labute approximate surface area is 129 Å². The number of rotatable bonds is 8. The number of Topliss-reactive ketones (excluding diaryl/α,β-unsaturated/α-hetero) is 1. The van der Waals surface area contributed by atoms with Gasteiger partial charge in [0.05, 0.1) is 0 Å². The van der Waals surface area contributed by atoms with E-state index in [-0.39, 0.29) is 5.78 Å². The van der Waals surface area contributed by atoms with E-state index in [9.17, 15) is 4.79 Å². The van der Waals surface area contributed by atoms with Gasteiger partial charge in [0.1, 0.15) is 0 Å². The fraction of sp³-hybridized carbons (Fsp3) is 0.632. The third-order valence-corrected chi connectivity index (χ3v) is 4.74. The van der Waals surface area contributed by atoms with Crippen LogP contribution in [0.2, 0.25) is 0 Å². The van der Waals surface area contributed by atoms with Gasteiger partial charge in [-0.05, 0) is 60.9 Å². The maximum Gasteiger partial charge on any atom is 0.162 e. The minimum Gasteiger partial charge on any atom is -0.312 e. The average molecular weight is 287 g/mol. The molecular weight excluding hydrogens is 258 g/mol. The molecule has 0 amide bonds. The van der Waals surface area contributed by atoms with Crippen molar-refractivity contribution in [3.05, 3.63) is 34.4 Å². The summed E-state index contributed by atoms with van der Waals surface area (Å²) in [4.78, 5) is 12.2. The Hall–Kier alpha value is -1.15. The second-order valence-corrected chi connectivity index (χ2v) is 6.19. The largest absolute Gasteiger partial charge is 0.312 e. The van der Waals surface area contributed by atoms with E-state index >= 15 is 0 Å². The Morgan fingerprint density at radius 3 is 2.48 bits per heavy atom. The second-order valence-electron chi connectivity index (χ2n) is 6.19. The van der Waals surface area contributed by atoms with Crippen molar-refractivity contribution in [2.75, 3.05) is 6.54 Å². The van der Waals surface area contributed by atoms with Gasteiger partial charge in [0.25, 0.3) is 0 Å². The van der Waals surface area contributed by atoms with Gasteiger partial charge in [-0.3, -0.25) is 4.79 Å². The zero-order valence-electron chi connectivity index (χ0n) is 13.8. The van der Waals surface area contributed by atoms with Crippen molar-refractivity contribution in [3.63, 3.8) is 0 Å². The summed E-state index contributed by atoms with van der Waals surface area (Å²) < 4.78 is 0. The number of benzene rings is 1. The van der Waals surface area contributed by atoms with Crippen LogP contribution >= 0.6 is 0 Å². The van der Waals surface area contributed by atoms with Gasteiger partial charge in [0, 0.05) is 18.5 Å². The highest BCUT2D eigenvalue weighted by Crippen LogP contribution is 2.25. The van der Waals surface area contributed by atoms with Crippen molar-refractivity contribution < 1.29 is 4.79 Å². The van der Waals surface area contributed by atoms with Crippen molar-refractivity contribution in [2.45, 2.75) is 65.8 Å². The fourth-order valence-corrected chi connectivity index (χ4v) is 3.19. The van der Waals surface area contributed by atoms with Crippen molar-refractivity contribution in [1.82, 2.24) is 5.32 Å². The molecule has 0 radical (unpaired) electrons. The molecule has 0 heterocycles. The third kappa shape index (κ3) is 3.94. The summed E-state index contributed by atoms with van der Waals surface area (Å²) in [5.41, 5.74) is 4.82. The van der Waals surface area contributed by atoms with Crippen molar-refractivity contribution in [3.8, 4) is 0 Å². The van der Waals surface area contributed by atoms with E-state index in [0.29, 0.717) is 6.42 Å². The molecular formula is C19H29NO. The smallest absolute Gasteiger partial charge is 0.162 e. The molecule has 21 heavy (non-hydrogen) atoms. The number of carbonyl (C=O) groups is 1. The standard InChI is InChI=1S/C19H29NO/c1-4-16-10-15(13-20-12-14-8-7-9-14)11-18(17(16)5-2)19(21)6-3/h10-11,14,20H,4-9,12-13H2,1-3H3. The van der Waals surface area contributed by atoms with Crippen LogP contribution in [0.4, 0.5) is 0 Å². The maximum absolute atomic E-state index is 12.2. The van der Waals surface area contributed by atoms with Crippen LogP contribution in [0.1, 0.15) is 73.5 Å². The lowest BCUT2D eigenvalue weighted by Crippen LogP contribution is -2.27. The molecule has 0 saturated heterocycles. The summed E-state index contributed by atoms with van der Waals surface area (Å²) in [7, 11) is 0. The van der Waals surface area contributed by atoms with E-state index in [1.165, 1.54) is 36.0 Å². The molecule has 1 aromatic carbocycles. The summed E-state index contributed by atoms with van der Waals surface area (Å²) >= 11 is 0. The van der Waals surface area contributed by atoms with Crippen LogP contribution in [0.5, 0.6) is 0 Å². The predicted molar refractivity (Wildman–Crippen MR) is 88.9 cm³/mol. The summed E-state index contributed by atoms with van der Waals surface area (Å²) in [5.74, 6) is 1.16. The van der Waals surface area contributed by atoms with Crippen molar-refractivity contribution in [1.29, 1.82) is 0 Å². The molecule has 0 aliphatic heterocycles. The average Bonchev–Trinajstić information content (AvgIpc) is 2.47. The Kier molecular flexibility index (Phi) is 5.98. The summed E-state index contributed by atoms with van der Waals surface area (Å²) in [6.45, 7) is 8.29. The Morgan fingerprint density at radius 2 is 1.95 bits per heavy atom. The highest BCUT2D eigenvalue weighted by molar-refractivity contribution is 5.97. The first-order valence-corrected chi connectivity index (χ1v) is 8.58. The molecule has 2 rings (SSSR count). The van der Waals surface area contributed by atoms with E-state index in [1.807, 2.05) is 6.92 Å². The number of hydrogen-bond donors (Lipinski definition) is 1. The summed E-state index contributed by atoms with van der Waals surface area (Å²) in [5, 5.41) is 3.57. The Balaban J connectivity index is 2.14. The normalized spacial score (nSPS) is 15.0. The lowest BCUT2D eigenvalue weighted by atomic mass is 9.85. The van der Waals surface area contributed by atoms with Crippen LogP contribution in [-0.4, -0.2) is 12.3 Å². The predicted octanol–water partition coefficient (Wildman–Crippen LogP) is 4.29. The van der Waals surface area contributed by atoms with Gasteiger partial charge < -0.3 is 5.32 Å². The quantitative estimate of drug-likeness (QED) is 0.722. The summed E-state index contributed by atoms with van der Waals surface area (Å²) in [6, 6.07) is 4.41. The monoisotopic (exact) mass is 287 g/mol.